The van der Waals surface area contributed by atoms with Crippen molar-refractivity contribution in [1.82, 2.24) is 5.32 Å². The summed E-state index contributed by atoms with van der Waals surface area (Å²) in [7, 11) is -4.41. The van der Waals surface area contributed by atoms with Gasteiger partial charge in [-0.05, 0) is 57.8 Å². The predicted molar refractivity (Wildman–Crippen MR) is 250 cm³/mol. The lowest BCUT2D eigenvalue weighted by Crippen LogP contribution is -2.46. The van der Waals surface area contributed by atoms with E-state index in [4.69, 9.17) is 14.8 Å². The summed E-state index contributed by atoms with van der Waals surface area (Å²) in [6.07, 6.45) is 51.0. The molecule has 4 atom stereocenters. The first-order valence-electron chi connectivity index (χ1n) is 24.7. The van der Waals surface area contributed by atoms with Crippen LogP contribution in [-0.2, 0) is 18.4 Å². The Morgan fingerprint density at radius 1 is 0.576 bits per heavy atom. The zero-order valence-corrected chi connectivity index (χ0v) is 39.3. The van der Waals surface area contributed by atoms with Crippen LogP contribution in [0.5, 0.6) is 0 Å². The molecular formula is C49H95N2O7P. The summed E-state index contributed by atoms with van der Waals surface area (Å²) >= 11 is 0. The molecule has 0 rings (SSSR count). The number of carbonyl (C=O) groups is 1. The van der Waals surface area contributed by atoms with E-state index in [1.54, 1.807) is 6.08 Å². The zero-order valence-electron chi connectivity index (χ0n) is 38.4. The van der Waals surface area contributed by atoms with Crippen molar-refractivity contribution in [3.05, 3.63) is 36.5 Å². The monoisotopic (exact) mass is 855 g/mol. The van der Waals surface area contributed by atoms with Gasteiger partial charge in [0.1, 0.15) is 0 Å². The third-order valence-corrected chi connectivity index (χ3v) is 12.0. The summed E-state index contributed by atoms with van der Waals surface area (Å²) in [6, 6.07) is -1.00. The third-order valence-electron chi connectivity index (χ3n) is 11.0. The van der Waals surface area contributed by atoms with E-state index in [2.05, 4.69) is 43.5 Å². The lowest BCUT2D eigenvalue weighted by atomic mass is 10.0. The van der Waals surface area contributed by atoms with Crippen LogP contribution >= 0.6 is 7.82 Å². The van der Waals surface area contributed by atoms with Gasteiger partial charge in [0, 0.05) is 6.54 Å². The van der Waals surface area contributed by atoms with E-state index in [1.165, 1.54) is 154 Å². The minimum absolute atomic E-state index is 0.0436. The number of hydrogen-bond donors (Lipinski definition) is 5. The topological polar surface area (TPSA) is 151 Å². The van der Waals surface area contributed by atoms with Gasteiger partial charge in [-0.1, -0.05) is 204 Å². The quantitative estimate of drug-likeness (QED) is 0.0231. The molecule has 0 aromatic rings. The molecule has 0 fully saturated rings. The van der Waals surface area contributed by atoms with Crippen LogP contribution in [0.1, 0.15) is 232 Å². The molecule has 6 N–H and O–H groups in total. The Morgan fingerprint density at radius 2 is 0.966 bits per heavy atom. The molecule has 0 aromatic carbocycles. The summed E-state index contributed by atoms with van der Waals surface area (Å²) in [4.78, 5) is 22.8. The summed E-state index contributed by atoms with van der Waals surface area (Å²) in [6.45, 7) is 3.97. The molecule has 0 aliphatic rings. The van der Waals surface area contributed by atoms with Crippen LogP contribution in [0.25, 0.3) is 0 Å². The van der Waals surface area contributed by atoms with E-state index in [0.29, 0.717) is 12.8 Å². The van der Waals surface area contributed by atoms with Gasteiger partial charge in [0.2, 0.25) is 5.91 Å². The predicted octanol–water partition coefficient (Wildman–Crippen LogP) is 13.3. The van der Waals surface area contributed by atoms with Crippen molar-refractivity contribution < 1.29 is 33.5 Å². The second-order valence-corrected chi connectivity index (χ2v) is 18.3. The fraction of sp³-hybridized carbons (Fsp3) is 0.857. The maximum Gasteiger partial charge on any atom is 0.472 e. The maximum atomic E-state index is 12.8. The lowest BCUT2D eigenvalue weighted by Gasteiger charge is -2.24. The molecule has 0 radical (unpaired) electrons. The van der Waals surface area contributed by atoms with Gasteiger partial charge >= 0.3 is 7.82 Å². The van der Waals surface area contributed by atoms with Crippen molar-refractivity contribution in [3.8, 4) is 0 Å². The molecular weight excluding hydrogens is 760 g/mol. The number of rotatable bonds is 46. The smallest absolute Gasteiger partial charge is 0.393 e. The fourth-order valence-electron chi connectivity index (χ4n) is 7.25. The van der Waals surface area contributed by atoms with Crippen LogP contribution < -0.4 is 11.1 Å². The maximum absolute atomic E-state index is 12.8. The minimum Gasteiger partial charge on any atom is -0.393 e. The van der Waals surface area contributed by atoms with Crippen LogP contribution in [0.4, 0.5) is 0 Å². The highest BCUT2D eigenvalue weighted by Crippen LogP contribution is 2.43. The molecule has 0 bridgehead atoms. The average Bonchev–Trinajstić information content (AvgIpc) is 3.21. The Balaban J connectivity index is 4.25. The third kappa shape index (κ3) is 43.1. The van der Waals surface area contributed by atoms with Gasteiger partial charge in [0.15, 0.2) is 0 Å². The molecule has 348 valence electrons. The molecule has 0 aliphatic carbocycles. The zero-order chi connectivity index (χ0) is 43.3. The van der Waals surface area contributed by atoms with Crippen molar-refractivity contribution in [3.63, 3.8) is 0 Å². The lowest BCUT2D eigenvalue weighted by molar-refractivity contribution is -0.124. The van der Waals surface area contributed by atoms with E-state index < -0.39 is 38.6 Å². The molecule has 1 amide bonds. The highest BCUT2D eigenvalue weighted by Gasteiger charge is 2.27. The van der Waals surface area contributed by atoms with Crippen LogP contribution in [0.3, 0.4) is 0 Å². The first-order chi connectivity index (χ1) is 28.8. The number of nitrogens with two attached hydrogens (primary N) is 1. The number of allylic oxidation sites excluding steroid dienone is 5. The minimum atomic E-state index is -4.41. The Hall–Kier alpha value is -1.32. The average molecular weight is 855 g/mol. The number of aliphatic hydroxyl groups excluding tert-OH is 2. The molecule has 0 heterocycles. The fourth-order valence-corrected chi connectivity index (χ4v) is 8.01. The number of amides is 1. The molecule has 4 unspecified atom stereocenters. The number of carbonyl (C=O) groups excluding carboxylic acids is 1. The molecule has 0 aromatic heterocycles. The molecule has 9 nitrogen and oxygen atoms in total. The normalized spacial score (nSPS) is 14.7. The summed E-state index contributed by atoms with van der Waals surface area (Å²) < 4.78 is 22.1. The van der Waals surface area contributed by atoms with Crippen LogP contribution in [0, 0.1) is 0 Å². The highest BCUT2D eigenvalue weighted by atomic mass is 31.2. The number of hydrogen-bond acceptors (Lipinski definition) is 7. The number of phosphoric ester groups is 1. The first-order valence-corrected chi connectivity index (χ1v) is 26.2. The molecule has 59 heavy (non-hydrogen) atoms. The van der Waals surface area contributed by atoms with Crippen molar-refractivity contribution >= 4 is 13.7 Å². The Morgan fingerprint density at radius 3 is 1.41 bits per heavy atom. The number of phosphoric acid groups is 1. The highest BCUT2D eigenvalue weighted by molar-refractivity contribution is 7.47. The van der Waals surface area contributed by atoms with Crippen molar-refractivity contribution in [2.24, 2.45) is 5.73 Å². The van der Waals surface area contributed by atoms with Crippen LogP contribution in [0.2, 0.25) is 0 Å². The molecule has 0 saturated carbocycles. The van der Waals surface area contributed by atoms with Crippen molar-refractivity contribution in [2.75, 3.05) is 19.8 Å². The Kier molecular flexibility index (Phi) is 43.7. The molecule has 0 spiro atoms. The van der Waals surface area contributed by atoms with E-state index in [0.717, 1.165) is 44.9 Å². The summed E-state index contributed by atoms with van der Waals surface area (Å²) in [5.74, 6) is -0.459. The van der Waals surface area contributed by atoms with Crippen LogP contribution in [-0.4, -0.2) is 59.0 Å². The van der Waals surface area contributed by atoms with Crippen molar-refractivity contribution in [2.45, 2.75) is 250 Å². The van der Waals surface area contributed by atoms with Gasteiger partial charge in [-0.2, -0.15) is 0 Å². The molecule has 0 aliphatic heterocycles. The van der Waals surface area contributed by atoms with Gasteiger partial charge in [0.25, 0.3) is 0 Å². The van der Waals surface area contributed by atoms with Crippen LogP contribution in [0.15, 0.2) is 36.5 Å². The Labute approximate surface area is 363 Å². The van der Waals surface area contributed by atoms with E-state index in [-0.39, 0.29) is 19.6 Å². The summed E-state index contributed by atoms with van der Waals surface area (Å²) in [5, 5.41) is 24.1. The number of nitrogens with one attached hydrogen (secondary N) is 1. The second-order valence-electron chi connectivity index (χ2n) is 16.9. The van der Waals surface area contributed by atoms with Gasteiger partial charge in [-0.15, -0.1) is 0 Å². The van der Waals surface area contributed by atoms with E-state index in [9.17, 15) is 24.5 Å². The first kappa shape index (κ1) is 57.7. The standard InChI is InChI=1S/C49H95N2O7P/c1-3-5-7-9-11-13-15-17-19-21-22-23-24-25-26-28-30-32-34-36-38-40-46(52)44-49(54)51-47(45-58-59(55,56)57-43-42-50)48(53)41-39-37-35-33-31-29-27-20-18-16-14-12-10-8-6-4-2/h25-26,31,33,39,41,46-48,52-53H,3-24,27-30,32,34-38,40,42-45,50H2,1-2H3,(H,51,54)(H,55,56)/b26-25-,33-31+,41-39+. The SMILES string of the molecule is CCCCCCCCCCCC/C=C/CC/C=C/C(O)C(COP(=O)(O)OCCN)NC(=O)CC(O)CCCCCCC/C=C\CCCCCCCCCCCCCC. The summed E-state index contributed by atoms with van der Waals surface area (Å²) in [5.41, 5.74) is 5.37. The van der Waals surface area contributed by atoms with E-state index in [1.807, 2.05) is 6.08 Å². The molecule has 0 saturated heterocycles. The second kappa shape index (κ2) is 44.7. The van der Waals surface area contributed by atoms with Gasteiger partial charge in [0.05, 0.1) is 37.9 Å². The van der Waals surface area contributed by atoms with Gasteiger partial charge in [-0.3, -0.25) is 13.8 Å². The van der Waals surface area contributed by atoms with Gasteiger partial charge < -0.3 is 26.2 Å². The van der Waals surface area contributed by atoms with E-state index >= 15 is 0 Å². The Bertz CT molecular complexity index is 1040. The van der Waals surface area contributed by atoms with Gasteiger partial charge in [-0.25, -0.2) is 4.57 Å². The number of unbranched alkanes of at least 4 members (excludes halogenated alkanes) is 28. The van der Waals surface area contributed by atoms with Crippen molar-refractivity contribution in [1.29, 1.82) is 0 Å². The molecule has 10 heteroatoms. The number of aliphatic hydroxyl groups is 2. The largest absolute Gasteiger partial charge is 0.472 e.